The molecule has 1 atom stereocenters. The fourth-order valence-electron chi connectivity index (χ4n) is 3.49. The second kappa shape index (κ2) is 10.9. The summed E-state index contributed by atoms with van der Waals surface area (Å²) in [5, 5.41) is 3.62. The Balaban J connectivity index is 1.59. The van der Waals surface area contributed by atoms with Gasteiger partial charge in [-0.2, -0.15) is 0 Å². The summed E-state index contributed by atoms with van der Waals surface area (Å²) in [7, 11) is 0. The number of hydrogen-bond donors (Lipinski definition) is 1. The Morgan fingerprint density at radius 1 is 0.853 bits per heavy atom. The molecule has 1 aromatic heterocycles. The first kappa shape index (κ1) is 23.4. The van der Waals surface area contributed by atoms with E-state index in [1.165, 1.54) is 11.3 Å². The number of aromatic nitrogens is 1. The standard InChI is InChI=1S/C28H26N2O3S/c1-19(2)23(28(32)33-18-20-12-6-3-7-13-20)29-26(31)24-25(21-14-8-4-9-15-21)34-27(30-24)22-16-10-5-11-17-22/h3-17,19,23H,18H2,1-2H3,(H,29,31)/t23-/m0/s1. The minimum Gasteiger partial charge on any atom is -0.459 e. The first-order valence-electron chi connectivity index (χ1n) is 11.2. The first-order chi connectivity index (χ1) is 16.5. The summed E-state index contributed by atoms with van der Waals surface area (Å²) in [5.74, 6) is -1.01. The molecule has 1 N–H and O–H groups in total. The van der Waals surface area contributed by atoms with E-state index in [0.29, 0.717) is 5.69 Å². The lowest BCUT2D eigenvalue weighted by Crippen LogP contribution is -2.45. The van der Waals surface area contributed by atoms with Gasteiger partial charge in [-0.3, -0.25) is 4.79 Å². The molecule has 0 aliphatic rings. The molecule has 0 aliphatic carbocycles. The third-order valence-corrected chi connectivity index (χ3v) is 6.48. The summed E-state index contributed by atoms with van der Waals surface area (Å²) < 4.78 is 5.51. The van der Waals surface area contributed by atoms with Crippen molar-refractivity contribution < 1.29 is 14.3 Å². The number of carbonyl (C=O) groups excluding carboxylic acids is 2. The maximum absolute atomic E-state index is 13.4. The molecule has 3 aromatic carbocycles. The minimum atomic E-state index is -0.790. The number of amides is 1. The quantitative estimate of drug-likeness (QED) is 0.322. The van der Waals surface area contributed by atoms with Gasteiger partial charge in [-0.1, -0.05) is 105 Å². The van der Waals surface area contributed by atoms with Crippen molar-refractivity contribution in [3.05, 3.63) is 102 Å². The van der Waals surface area contributed by atoms with Crippen molar-refractivity contribution in [1.82, 2.24) is 10.3 Å². The number of carbonyl (C=O) groups is 2. The number of hydrogen-bond acceptors (Lipinski definition) is 5. The SMILES string of the molecule is CC(C)[C@H](NC(=O)c1nc(-c2ccccc2)sc1-c1ccccc1)C(=O)OCc1ccccc1. The van der Waals surface area contributed by atoms with Crippen LogP contribution in [0, 0.1) is 5.92 Å². The number of nitrogens with zero attached hydrogens (tertiary/aromatic N) is 1. The summed E-state index contributed by atoms with van der Waals surface area (Å²) in [6.07, 6.45) is 0. The van der Waals surface area contributed by atoms with E-state index >= 15 is 0 Å². The van der Waals surface area contributed by atoms with Crippen LogP contribution < -0.4 is 5.32 Å². The van der Waals surface area contributed by atoms with Gasteiger partial charge < -0.3 is 10.1 Å². The lowest BCUT2D eigenvalue weighted by atomic mass is 10.0. The molecule has 1 heterocycles. The van der Waals surface area contributed by atoms with E-state index in [9.17, 15) is 9.59 Å². The zero-order valence-corrected chi connectivity index (χ0v) is 19.9. The highest BCUT2D eigenvalue weighted by Crippen LogP contribution is 2.35. The first-order valence-corrected chi connectivity index (χ1v) is 12.0. The van der Waals surface area contributed by atoms with Crippen LogP contribution in [0.15, 0.2) is 91.0 Å². The van der Waals surface area contributed by atoms with Crippen molar-refractivity contribution in [2.75, 3.05) is 0 Å². The van der Waals surface area contributed by atoms with E-state index in [1.54, 1.807) is 0 Å². The van der Waals surface area contributed by atoms with Crippen molar-refractivity contribution >= 4 is 23.2 Å². The Labute approximate surface area is 203 Å². The molecule has 34 heavy (non-hydrogen) atoms. The Kier molecular flexibility index (Phi) is 7.50. The summed E-state index contributed by atoms with van der Waals surface area (Å²) in [6, 6.07) is 28.1. The van der Waals surface area contributed by atoms with Gasteiger partial charge in [-0.05, 0) is 17.0 Å². The highest BCUT2D eigenvalue weighted by atomic mass is 32.1. The molecule has 0 spiro atoms. The van der Waals surface area contributed by atoms with E-state index in [4.69, 9.17) is 4.74 Å². The topological polar surface area (TPSA) is 68.3 Å². The zero-order valence-electron chi connectivity index (χ0n) is 19.1. The van der Waals surface area contributed by atoms with Gasteiger partial charge in [0, 0.05) is 5.56 Å². The summed E-state index contributed by atoms with van der Waals surface area (Å²) in [4.78, 5) is 31.7. The number of thiazole rings is 1. The molecule has 0 unspecified atom stereocenters. The smallest absolute Gasteiger partial charge is 0.329 e. The molecule has 172 valence electrons. The summed E-state index contributed by atoms with van der Waals surface area (Å²) in [5.41, 5.74) is 3.03. The molecule has 0 aliphatic heterocycles. The van der Waals surface area contributed by atoms with Crippen LogP contribution in [0.5, 0.6) is 0 Å². The van der Waals surface area contributed by atoms with E-state index < -0.39 is 17.9 Å². The average molecular weight is 471 g/mol. The van der Waals surface area contributed by atoms with Gasteiger partial charge in [-0.25, -0.2) is 9.78 Å². The largest absolute Gasteiger partial charge is 0.459 e. The molecular formula is C28H26N2O3S. The van der Waals surface area contributed by atoms with Crippen LogP contribution in [0.4, 0.5) is 0 Å². The van der Waals surface area contributed by atoms with Gasteiger partial charge in [0.1, 0.15) is 23.4 Å². The number of rotatable bonds is 8. The second-order valence-corrected chi connectivity index (χ2v) is 9.22. The Bertz CT molecular complexity index is 1240. The number of benzene rings is 3. The Morgan fingerprint density at radius 3 is 2.00 bits per heavy atom. The maximum Gasteiger partial charge on any atom is 0.329 e. The van der Waals surface area contributed by atoms with Crippen LogP contribution in [0.2, 0.25) is 0 Å². The highest BCUT2D eigenvalue weighted by Gasteiger charge is 2.29. The van der Waals surface area contributed by atoms with Gasteiger partial charge >= 0.3 is 5.97 Å². The minimum absolute atomic E-state index is 0.153. The monoisotopic (exact) mass is 470 g/mol. The van der Waals surface area contributed by atoms with E-state index in [0.717, 1.165) is 26.6 Å². The lowest BCUT2D eigenvalue weighted by Gasteiger charge is -2.20. The van der Waals surface area contributed by atoms with Crippen LogP contribution in [-0.4, -0.2) is 22.9 Å². The molecule has 5 nitrogen and oxygen atoms in total. The third-order valence-electron chi connectivity index (χ3n) is 5.33. The molecular weight excluding hydrogens is 444 g/mol. The van der Waals surface area contributed by atoms with E-state index in [-0.39, 0.29) is 12.5 Å². The molecule has 0 saturated heterocycles. The predicted molar refractivity (Wildman–Crippen MR) is 135 cm³/mol. The van der Waals surface area contributed by atoms with Crippen LogP contribution >= 0.6 is 11.3 Å². The number of ether oxygens (including phenoxy) is 1. The number of esters is 1. The molecule has 0 bridgehead atoms. The highest BCUT2D eigenvalue weighted by molar-refractivity contribution is 7.18. The molecule has 0 fully saturated rings. The normalized spacial score (nSPS) is 11.7. The van der Waals surface area contributed by atoms with E-state index in [2.05, 4.69) is 10.3 Å². The van der Waals surface area contributed by atoms with Crippen molar-refractivity contribution in [2.24, 2.45) is 5.92 Å². The van der Waals surface area contributed by atoms with E-state index in [1.807, 2.05) is 105 Å². The zero-order chi connectivity index (χ0) is 23.9. The van der Waals surface area contributed by atoms with Crippen molar-refractivity contribution in [3.63, 3.8) is 0 Å². The van der Waals surface area contributed by atoms with Crippen molar-refractivity contribution in [1.29, 1.82) is 0 Å². The molecule has 0 radical (unpaired) electrons. The van der Waals surface area contributed by atoms with Gasteiger partial charge in [0.2, 0.25) is 0 Å². The van der Waals surface area contributed by atoms with Crippen LogP contribution in [-0.2, 0) is 16.1 Å². The fourth-order valence-corrected chi connectivity index (χ4v) is 4.56. The Hall–Kier alpha value is -3.77. The number of nitrogens with one attached hydrogen (secondary N) is 1. The molecule has 6 heteroatoms. The predicted octanol–water partition coefficient (Wildman–Crippen LogP) is 5.97. The summed E-state index contributed by atoms with van der Waals surface area (Å²) >= 11 is 1.46. The van der Waals surface area contributed by atoms with Gasteiger partial charge in [0.15, 0.2) is 0 Å². The van der Waals surface area contributed by atoms with Crippen molar-refractivity contribution in [3.8, 4) is 21.0 Å². The molecule has 1 amide bonds. The average Bonchev–Trinajstić information content (AvgIpc) is 3.33. The molecule has 4 aromatic rings. The van der Waals surface area contributed by atoms with Gasteiger partial charge in [-0.15, -0.1) is 11.3 Å². The van der Waals surface area contributed by atoms with Crippen LogP contribution in [0.3, 0.4) is 0 Å². The van der Waals surface area contributed by atoms with Crippen LogP contribution in [0.25, 0.3) is 21.0 Å². The lowest BCUT2D eigenvalue weighted by molar-refractivity contribution is -0.148. The van der Waals surface area contributed by atoms with Crippen molar-refractivity contribution in [2.45, 2.75) is 26.5 Å². The van der Waals surface area contributed by atoms with Gasteiger partial charge in [0.05, 0.1) is 4.88 Å². The maximum atomic E-state index is 13.4. The second-order valence-electron chi connectivity index (χ2n) is 8.22. The third kappa shape index (κ3) is 5.58. The Morgan fingerprint density at radius 2 is 1.41 bits per heavy atom. The summed E-state index contributed by atoms with van der Waals surface area (Å²) in [6.45, 7) is 3.91. The molecule has 4 rings (SSSR count). The van der Waals surface area contributed by atoms with Crippen LogP contribution in [0.1, 0.15) is 29.9 Å². The van der Waals surface area contributed by atoms with Gasteiger partial charge in [0.25, 0.3) is 5.91 Å². The molecule has 0 saturated carbocycles. The fraction of sp³-hybridized carbons (Fsp3) is 0.179.